The summed E-state index contributed by atoms with van der Waals surface area (Å²) in [6.45, 7) is 0. The van der Waals surface area contributed by atoms with E-state index >= 15 is 0 Å². The maximum absolute atomic E-state index is 14.1. The summed E-state index contributed by atoms with van der Waals surface area (Å²) in [5.41, 5.74) is -0.584. The number of methoxy groups -OCH3 is 2. The van der Waals surface area contributed by atoms with E-state index in [0.717, 1.165) is 0 Å². The van der Waals surface area contributed by atoms with Crippen LogP contribution in [0.25, 0.3) is 0 Å². The van der Waals surface area contributed by atoms with Crippen molar-refractivity contribution in [3.63, 3.8) is 0 Å². The molecule has 1 aliphatic carbocycles. The van der Waals surface area contributed by atoms with E-state index in [1.54, 1.807) is 0 Å². The molecule has 1 fully saturated rings. The van der Waals surface area contributed by atoms with Gasteiger partial charge in [0, 0.05) is 0 Å². The topological polar surface area (TPSA) is 47.9 Å². The molecule has 1 aliphatic rings. The predicted octanol–water partition coefficient (Wildman–Crippen LogP) is 2.93. The van der Waals surface area contributed by atoms with E-state index in [1.165, 1.54) is 26.4 Å². The number of aliphatic imine (C=N–C) groups is 1. The highest BCUT2D eigenvalue weighted by atomic mass is 79.9. The zero-order valence-electron chi connectivity index (χ0n) is 9.92. The Morgan fingerprint density at radius 1 is 1.39 bits per heavy atom. The third-order valence-corrected chi connectivity index (χ3v) is 3.59. The monoisotopic (exact) mass is 315 g/mol. The Morgan fingerprint density at radius 2 is 2.00 bits per heavy atom. The first-order valence-electron chi connectivity index (χ1n) is 5.29. The number of rotatable bonds is 4. The zero-order valence-corrected chi connectivity index (χ0v) is 11.5. The Hall–Kier alpha value is -1.39. The molecule has 0 unspecified atom stereocenters. The fourth-order valence-electron chi connectivity index (χ4n) is 2.02. The first-order chi connectivity index (χ1) is 8.59. The van der Waals surface area contributed by atoms with Crippen molar-refractivity contribution in [2.45, 2.75) is 18.4 Å². The second-order valence-corrected chi connectivity index (χ2v) is 4.87. The highest BCUT2D eigenvalue weighted by molar-refractivity contribution is 9.10. The van der Waals surface area contributed by atoms with Crippen LogP contribution < -0.4 is 9.47 Å². The van der Waals surface area contributed by atoms with E-state index < -0.39 is 11.4 Å². The molecular weight excluding hydrogens is 305 g/mol. The van der Waals surface area contributed by atoms with Crippen LogP contribution in [-0.2, 0) is 10.3 Å². The van der Waals surface area contributed by atoms with Gasteiger partial charge in [-0.05, 0) is 34.8 Å². The van der Waals surface area contributed by atoms with Crippen LogP contribution in [-0.4, -0.2) is 20.3 Å². The van der Waals surface area contributed by atoms with Gasteiger partial charge in [0.15, 0.2) is 11.5 Å². The maximum atomic E-state index is 14.1. The molecule has 1 aromatic carbocycles. The molecule has 0 atom stereocenters. The van der Waals surface area contributed by atoms with Crippen LogP contribution in [0.15, 0.2) is 15.5 Å². The van der Waals surface area contributed by atoms with E-state index in [1.807, 2.05) is 0 Å². The van der Waals surface area contributed by atoms with Gasteiger partial charge in [0.1, 0.15) is 11.4 Å². The summed E-state index contributed by atoms with van der Waals surface area (Å²) < 4.78 is 25.0. The van der Waals surface area contributed by atoms with Crippen molar-refractivity contribution < 1.29 is 18.7 Å². The van der Waals surface area contributed by atoms with Gasteiger partial charge in [-0.3, -0.25) is 0 Å². The largest absolute Gasteiger partial charge is 0.492 e. The lowest BCUT2D eigenvalue weighted by Gasteiger charge is -2.18. The highest BCUT2D eigenvalue weighted by Gasteiger charge is 2.49. The van der Waals surface area contributed by atoms with Gasteiger partial charge in [0.2, 0.25) is 6.08 Å². The molecule has 2 rings (SSSR count). The fraction of sp³-hybridized carbons (Fsp3) is 0.417. The van der Waals surface area contributed by atoms with Gasteiger partial charge in [-0.2, -0.15) is 4.99 Å². The SMILES string of the molecule is COc1c(Br)cc(F)c(C2(N=C=O)CC2)c1OC. The molecule has 0 spiro atoms. The van der Waals surface area contributed by atoms with Crippen molar-refractivity contribution in [3.05, 3.63) is 21.9 Å². The molecule has 0 radical (unpaired) electrons. The summed E-state index contributed by atoms with van der Waals surface area (Å²) >= 11 is 3.21. The number of carbonyl (C=O) groups excluding carboxylic acids is 1. The lowest BCUT2D eigenvalue weighted by Crippen LogP contribution is -2.10. The summed E-state index contributed by atoms with van der Waals surface area (Å²) in [5, 5.41) is 0. The van der Waals surface area contributed by atoms with E-state index in [2.05, 4.69) is 20.9 Å². The average molecular weight is 316 g/mol. The van der Waals surface area contributed by atoms with Crippen LogP contribution in [0.2, 0.25) is 0 Å². The van der Waals surface area contributed by atoms with Crippen molar-refractivity contribution in [1.82, 2.24) is 0 Å². The first kappa shape index (κ1) is 13.1. The van der Waals surface area contributed by atoms with Crippen LogP contribution >= 0.6 is 15.9 Å². The van der Waals surface area contributed by atoms with Gasteiger partial charge >= 0.3 is 0 Å². The first-order valence-corrected chi connectivity index (χ1v) is 6.08. The van der Waals surface area contributed by atoms with Crippen molar-refractivity contribution in [2.24, 2.45) is 4.99 Å². The van der Waals surface area contributed by atoms with Crippen molar-refractivity contribution in [1.29, 1.82) is 0 Å². The molecule has 6 heteroatoms. The smallest absolute Gasteiger partial charge is 0.235 e. The molecule has 0 aliphatic heterocycles. The molecule has 0 aromatic heterocycles. The second-order valence-electron chi connectivity index (χ2n) is 4.02. The number of halogens is 2. The Labute approximate surface area is 112 Å². The van der Waals surface area contributed by atoms with Crippen LogP contribution in [0.5, 0.6) is 11.5 Å². The third kappa shape index (κ3) is 1.91. The van der Waals surface area contributed by atoms with Crippen LogP contribution in [0.4, 0.5) is 4.39 Å². The number of hydrogen-bond acceptors (Lipinski definition) is 4. The third-order valence-electron chi connectivity index (χ3n) is 3.00. The summed E-state index contributed by atoms with van der Waals surface area (Å²) in [4.78, 5) is 14.2. The minimum Gasteiger partial charge on any atom is -0.492 e. The fourth-order valence-corrected chi connectivity index (χ4v) is 2.56. The van der Waals surface area contributed by atoms with E-state index in [0.29, 0.717) is 23.1 Å². The van der Waals surface area contributed by atoms with Gasteiger partial charge in [-0.1, -0.05) is 0 Å². The normalized spacial score (nSPS) is 15.8. The molecule has 4 nitrogen and oxygen atoms in total. The van der Waals surface area contributed by atoms with E-state index in [-0.39, 0.29) is 11.3 Å². The zero-order chi connectivity index (χ0) is 13.3. The number of nitrogens with zero attached hydrogens (tertiary/aromatic N) is 1. The Morgan fingerprint density at radius 3 is 2.44 bits per heavy atom. The molecular formula is C12H11BrFNO3. The predicted molar refractivity (Wildman–Crippen MR) is 66.2 cm³/mol. The van der Waals surface area contributed by atoms with Gasteiger partial charge in [-0.15, -0.1) is 0 Å². The van der Waals surface area contributed by atoms with Crippen molar-refractivity contribution >= 4 is 22.0 Å². The minimum atomic E-state index is -0.842. The molecule has 18 heavy (non-hydrogen) atoms. The van der Waals surface area contributed by atoms with Crippen molar-refractivity contribution in [3.8, 4) is 11.5 Å². The van der Waals surface area contributed by atoms with E-state index in [4.69, 9.17) is 9.47 Å². The average Bonchev–Trinajstić information content (AvgIpc) is 3.09. The van der Waals surface area contributed by atoms with Crippen LogP contribution in [0, 0.1) is 5.82 Å². The van der Waals surface area contributed by atoms with Gasteiger partial charge in [-0.25, -0.2) is 9.18 Å². The summed E-state index contributed by atoms with van der Waals surface area (Å²) in [6, 6.07) is 1.29. The van der Waals surface area contributed by atoms with Gasteiger partial charge < -0.3 is 9.47 Å². The number of benzene rings is 1. The number of ether oxygens (including phenoxy) is 2. The Balaban J connectivity index is 2.70. The van der Waals surface area contributed by atoms with E-state index in [9.17, 15) is 9.18 Å². The lowest BCUT2D eigenvalue weighted by molar-refractivity contribution is 0.342. The summed E-state index contributed by atoms with van der Waals surface area (Å²) in [6.07, 6.45) is 2.69. The highest BCUT2D eigenvalue weighted by Crippen LogP contribution is 2.56. The molecule has 0 N–H and O–H groups in total. The molecule has 1 saturated carbocycles. The Kier molecular flexibility index (Phi) is 3.41. The number of isocyanates is 1. The molecule has 1 aromatic rings. The molecule has 96 valence electrons. The van der Waals surface area contributed by atoms with Crippen molar-refractivity contribution in [2.75, 3.05) is 14.2 Å². The minimum absolute atomic E-state index is 0.258. The second kappa shape index (κ2) is 4.71. The summed E-state index contributed by atoms with van der Waals surface area (Å²) in [5.74, 6) is 0.179. The van der Waals surface area contributed by atoms with Gasteiger partial charge in [0.25, 0.3) is 0 Å². The standard InChI is InChI=1S/C12H11BrFNO3/c1-17-10-7(13)5-8(14)9(11(10)18-2)12(3-4-12)15-6-16/h5H,3-4H2,1-2H3. The maximum Gasteiger partial charge on any atom is 0.235 e. The number of hydrogen-bond donors (Lipinski definition) is 0. The molecule has 0 saturated heterocycles. The lowest BCUT2D eigenvalue weighted by atomic mass is 10.0. The Bertz CT molecular complexity index is 537. The quantitative estimate of drug-likeness (QED) is 0.634. The molecule has 0 bridgehead atoms. The molecule has 0 heterocycles. The van der Waals surface area contributed by atoms with Crippen LogP contribution in [0.1, 0.15) is 18.4 Å². The van der Waals surface area contributed by atoms with Crippen LogP contribution in [0.3, 0.4) is 0 Å². The van der Waals surface area contributed by atoms with Gasteiger partial charge in [0.05, 0.1) is 24.3 Å². The summed E-state index contributed by atoms with van der Waals surface area (Å²) in [7, 11) is 2.89. The molecule has 0 amide bonds.